The van der Waals surface area contributed by atoms with Crippen molar-refractivity contribution in [1.82, 2.24) is 0 Å². The molecule has 240 valence electrons. The van der Waals surface area contributed by atoms with Crippen LogP contribution in [-0.2, 0) is 0 Å². The van der Waals surface area contributed by atoms with Crippen molar-refractivity contribution in [2.75, 3.05) is 0 Å². The molecule has 0 aliphatic rings. The number of hydrogen-bond acceptors (Lipinski definition) is 0. The fourth-order valence-corrected chi connectivity index (χ4v) is 8.90. The average molecular weight is 657 g/mol. The van der Waals surface area contributed by atoms with E-state index in [9.17, 15) is 0 Å². The Morgan fingerprint density at radius 2 is 0.654 bits per heavy atom. The highest BCUT2D eigenvalue weighted by atomic mass is 14.2. The lowest BCUT2D eigenvalue weighted by atomic mass is 9.83. The summed E-state index contributed by atoms with van der Waals surface area (Å²) in [6.07, 6.45) is 0. The van der Waals surface area contributed by atoms with E-state index in [1.165, 1.54) is 109 Å². The van der Waals surface area contributed by atoms with Crippen molar-refractivity contribution >= 4 is 64.6 Å². The monoisotopic (exact) mass is 656 g/mol. The van der Waals surface area contributed by atoms with Crippen LogP contribution in [0.5, 0.6) is 0 Å². The van der Waals surface area contributed by atoms with Gasteiger partial charge in [0.15, 0.2) is 0 Å². The third kappa shape index (κ3) is 4.35. The van der Waals surface area contributed by atoms with Gasteiger partial charge >= 0.3 is 0 Å². The average Bonchev–Trinajstić information content (AvgIpc) is 3.21. The number of fused-ring (bicyclic) bond motifs is 3. The first-order valence-electron chi connectivity index (χ1n) is 18.1. The fourth-order valence-electron chi connectivity index (χ4n) is 8.90. The molecule has 0 atom stereocenters. The zero-order valence-electron chi connectivity index (χ0n) is 28.5. The highest BCUT2D eigenvalue weighted by Gasteiger charge is 2.20. The zero-order valence-corrected chi connectivity index (χ0v) is 28.5. The molecular formula is C52H32. The van der Waals surface area contributed by atoms with Crippen molar-refractivity contribution in [2.24, 2.45) is 0 Å². The molecule has 52 heavy (non-hydrogen) atoms. The Morgan fingerprint density at radius 1 is 0.212 bits per heavy atom. The molecule has 0 amide bonds. The summed E-state index contributed by atoms with van der Waals surface area (Å²) >= 11 is 0. The summed E-state index contributed by atoms with van der Waals surface area (Å²) in [7, 11) is 0. The van der Waals surface area contributed by atoms with Gasteiger partial charge < -0.3 is 0 Å². The second-order valence-corrected chi connectivity index (χ2v) is 14.0. The highest BCUT2D eigenvalue weighted by Crippen LogP contribution is 2.47. The van der Waals surface area contributed by atoms with Gasteiger partial charge in [0.1, 0.15) is 0 Å². The van der Waals surface area contributed by atoms with Crippen LogP contribution in [0.3, 0.4) is 0 Å². The van der Waals surface area contributed by atoms with Gasteiger partial charge in [-0.2, -0.15) is 0 Å². The summed E-state index contributed by atoms with van der Waals surface area (Å²) in [5, 5.41) is 15.4. The molecule has 0 aliphatic heterocycles. The van der Waals surface area contributed by atoms with Crippen LogP contribution in [0.4, 0.5) is 0 Å². The maximum Gasteiger partial charge on any atom is -0.00201 e. The molecule has 0 fully saturated rings. The van der Waals surface area contributed by atoms with Crippen molar-refractivity contribution in [2.45, 2.75) is 0 Å². The molecule has 11 aromatic rings. The van der Waals surface area contributed by atoms with Crippen LogP contribution in [0.2, 0.25) is 0 Å². The first-order chi connectivity index (χ1) is 25.8. The summed E-state index contributed by atoms with van der Waals surface area (Å²) in [5.74, 6) is 0. The van der Waals surface area contributed by atoms with E-state index in [4.69, 9.17) is 0 Å². The SMILES string of the molecule is c1cc(-c2cc3ccc4cccc5ccc(c2)c3c45)cc(-c2c3ccccc3c(-c3ccccc3-c3cccc4ccccc34)c3ccccc23)c1. The van der Waals surface area contributed by atoms with Gasteiger partial charge in [0, 0.05) is 0 Å². The largest absolute Gasteiger partial charge is 0.0616 e. The van der Waals surface area contributed by atoms with Crippen molar-refractivity contribution in [3.8, 4) is 44.5 Å². The van der Waals surface area contributed by atoms with E-state index in [0.717, 1.165) is 0 Å². The van der Waals surface area contributed by atoms with E-state index in [1.54, 1.807) is 0 Å². The van der Waals surface area contributed by atoms with Crippen LogP contribution in [0.15, 0.2) is 194 Å². The Balaban J connectivity index is 1.14. The van der Waals surface area contributed by atoms with E-state index in [-0.39, 0.29) is 0 Å². The molecule has 0 saturated heterocycles. The van der Waals surface area contributed by atoms with E-state index >= 15 is 0 Å². The lowest BCUT2D eigenvalue weighted by molar-refractivity contribution is 1.62. The Bertz CT molecular complexity index is 3050. The van der Waals surface area contributed by atoms with Crippen molar-refractivity contribution in [3.63, 3.8) is 0 Å². The normalized spacial score (nSPS) is 11.8. The third-order valence-corrected chi connectivity index (χ3v) is 11.2. The predicted molar refractivity (Wildman–Crippen MR) is 224 cm³/mol. The molecule has 0 aliphatic carbocycles. The maximum atomic E-state index is 2.39. The Hall–Kier alpha value is -6.76. The molecule has 0 aromatic heterocycles. The molecule has 0 nitrogen and oxygen atoms in total. The van der Waals surface area contributed by atoms with Crippen LogP contribution in [0.25, 0.3) is 109 Å². The Labute approximate surface area is 302 Å². The molecule has 0 unspecified atom stereocenters. The summed E-state index contributed by atoms with van der Waals surface area (Å²) in [6, 6.07) is 71.9. The second-order valence-electron chi connectivity index (χ2n) is 14.0. The molecular weight excluding hydrogens is 625 g/mol. The van der Waals surface area contributed by atoms with E-state index in [1.807, 2.05) is 0 Å². The minimum Gasteiger partial charge on any atom is -0.0616 e. The van der Waals surface area contributed by atoms with E-state index in [2.05, 4.69) is 194 Å². The van der Waals surface area contributed by atoms with Gasteiger partial charge in [0.25, 0.3) is 0 Å². The minimum absolute atomic E-state index is 1.22. The van der Waals surface area contributed by atoms with Crippen LogP contribution in [-0.4, -0.2) is 0 Å². The van der Waals surface area contributed by atoms with Gasteiger partial charge in [-0.1, -0.05) is 176 Å². The van der Waals surface area contributed by atoms with Crippen molar-refractivity contribution in [3.05, 3.63) is 194 Å². The Kier molecular flexibility index (Phi) is 6.35. The van der Waals surface area contributed by atoms with Gasteiger partial charge in [-0.25, -0.2) is 0 Å². The Morgan fingerprint density at radius 3 is 1.35 bits per heavy atom. The lowest BCUT2D eigenvalue weighted by Gasteiger charge is -2.20. The van der Waals surface area contributed by atoms with Gasteiger partial charge in [0.2, 0.25) is 0 Å². The van der Waals surface area contributed by atoms with E-state index < -0.39 is 0 Å². The van der Waals surface area contributed by atoms with Gasteiger partial charge in [-0.15, -0.1) is 0 Å². The number of benzene rings is 11. The van der Waals surface area contributed by atoms with Crippen LogP contribution in [0.1, 0.15) is 0 Å². The summed E-state index contributed by atoms with van der Waals surface area (Å²) in [5.41, 5.74) is 10.00. The molecule has 0 bridgehead atoms. The molecule has 0 N–H and O–H groups in total. The predicted octanol–water partition coefficient (Wildman–Crippen LogP) is 14.7. The van der Waals surface area contributed by atoms with Crippen LogP contribution >= 0.6 is 0 Å². The smallest absolute Gasteiger partial charge is 0.00201 e. The topological polar surface area (TPSA) is 0 Å². The first-order valence-corrected chi connectivity index (χ1v) is 18.1. The molecule has 0 radical (unpaired) electrons. The standard InChI is InChI=1S/C52H32/c1-2-18-41-33(12-1)13-11-25-42(41)43-19-3-4-20-44(43)52-47-23-7-5-21-45(47)51(46-22-6-8-24-48(46)52)37-17-10-16-36(30-37)40-31-38-28-26-34-14-9-15-35-27-29-39(32-40)50(38)49(34)35/h1-32H. The third-order valence-electron chi connectivity index (χ3n) is 11.2. The van der Waals surface area contributed by atoms with Gasteiger partial charge in [-0.05, 0) is 127 Å². The van der Waals surface area contributed by atoms with Crippen LogP contribution in [0, 0.1) is 0 Å². The maximum absolute atomic E-state index is 2.39. The summed E-state index contributed by atoms with van der Waals surface area (Å²) in [4.78, 5) is 0. The molecule has 0 spiro atoms. The molecule has 11 rings (SSSR count). The second kappa shape index (κ2) is 11.4. The van der Waals surface area contributed by atoms with Gasteiger partial charge in [0.05, 0.1) is 0 Å². The van der Waals surface area contributed by atoms with Crippen LogP contribution < -0.4 is 0 Å². The summed E-state index contributed by atoms with van der Waals surface area (Å²) < 4.78 is 0. The number of hydrogen-bond donors (Lipinski definition) is 0. The lowest BCUT2D eigenvalue weighted by Crippen LogP contribution is -1.93. The minimum atomic E-state index is 1.22. The zero-order chi connectivity index (χ0) is 34.2. The highest BCUT2D eigenvalue weighted by molar-refractivity contribution is 6.25. The first kappa shape index (κ1) is 29.0. The quantitative estimate of drug-likeness (QED) is 0.131. The summed E-state index contributed by atoms with van der Waals surface area (Å²) in [6.45, 7) is 0. The molecule has 11 aromatic carbocycles. The van der Waals surface area contributed by atoms with Gasteiger partial charge in [-0.3, -0.25) is 0 Å². The van der Waals surface area contributed by atoms with Crippen molar-refractivity contribution < 1.29 is 0 Å². The molecule has 0 heteroatoms. The fraction of sp³-hybridized carbons (Fsp3) is 0. The molecule has 0 saturated carbocycles. The number of rotatable bonds is 4. The van der Waals surface area contributed by atoms with E-state index in [0.29, 0.717) is 0 Å². The molecule has 0 heterocycles. The van der Waals surface area contributed by atoms with Crippen molar-refractivity contribution in [1.29, 1.82) is 0 Å².